The molecule has 0 unspecified atom stereocenters. The fraction of sp³-hybridized carbons (Fsp3) is 0.381. The van der Waals surface area contributed by atoms with E-state index in [4.69, 9.17) is 0 Å². The van der Waals surface area contributed by atoms with Gasteiger partial charge in [0, 0.05) is 37.6 Å². The zero-order valence-electron chi connectivity index (χ0n) is 15.1. The van der Waals surface area contributed by atoms with Gasteiger partial charge in [0.15, 0.2) is 0 Å². The van der Waals surface area contributed by atoms with E-state index in [9.17, 15) is 4.79 Å². The summed E-state index contributed by atoms with van der Waals surface area (Å²) in [5.74, 6) is 0.201. The van der Waals surface area contributed by atoms with Gasteiger partial charge in [0.25, 0.3) is 5.91 Å². The van der Waals surface area contributed by atoms with Crippen molar-refractivity contribution in [3.63, 3.8) is 0 Å². The lowest BCUT2D eigenvalue weighted by atomic mass is 10.2. The molecule has 3 rings (SSSR count). The number of piperazine rings is 1. The fourth-order valence-electron chi connectivity index (χ4n) is 3.17. The molecule has 1 aromatic heterocycles. The molecule has 0 spiro atoms. The summed E-state index contributed by atoms with van der Waals surface area (Å²) in [4.78, 5) is 19.3. The van der Waals surface area contributed by atoms with Crippen LogP contribution in [0.15, 0.2) is 42.5 Å². The average molecular weight is 355 g/mol. The van der Waals surface area contributed by atoms with Crippen LogP contribution in [-0.2, 0) is 6.42 Å². The highest BCUT2D eigenvalue weighted by atomic mass is 32.1. The highest BCUT2D eigenvalue weighted by Crippen LogP contribution is 2.24. The van der Waals surface area contributed by atoms with E-state index in [1.807, 2.05) is 11.0 Å². The molecule has 1 amide bonds. The standard InChI is InChI=1S/C21H26N2OS/c1-3-19-17(2)16-20(25-19)21(24)23-14-12-22(13-15-23)11-7-10-18-8-5-4-6-9-18/h4-10,16H,3,11-15H2,1-2H3/b10-7+. The van der Waals surface area contributed by atoms with Crippen LogP contribution in [0.3, 0.4) is 0 Å². The van der Waals surface area contributed by atoms with Gasteiger partial charge in [-0.1, -0.05) is 49.4 Å². The number of benzene rings is 1. The second-order valence-electron chi connectivity index (χ2n) is 6.48. The summed E-state index contributed by atoms with van der Waals surface area (Å²) in [6, 6.07) is 12.4. The first kappa shape index (κ1) is 17.9. The maximum absolute atomic E-state index is 12.7. The predicted molar refractivity (Wildman–Crippen MR) is 106 cm³/mol. The minimum atomic E-state index is 0.201. The summed E-state index contributed by atoms with van der Waals surface area (Å²) in [5, 5.41) is 0. The molecule has 1 aromatic carbocycles. The topological polar surface area (TPSA) is 23.6 Å². The molecule has 0 aliphatic carbocycles. The third-order valence-corrected chi connectivity index (χ3v) is 6.05. The van der Waals surface area contributed by atoms with Gasteiger partial charge in [-0.25, -0.2) is 0 Å². The smallest absolute Gasteiger partial charge is 0.264 e. The van der Waals surface area contributed by atoms with Gasteiger partial charge in [-0.2, -0.15) is 0 Å². The van der Waals surface area contributed by atoms with Crippen molar-refractivity contribution in [2.45, 2.75) is 20.3 Å². The first-order valence-electron chi connectivity index (χ1n) is 9.00. The van der Waals surface area contributed by atoms with Gasteiger partial charge >= 0.3 is 0 Å². The van der Waals surface area contributed by atoms with Gasteiger partial charge in [-0.15, -0.1) is 11.3 Å². The largest absolute Gasteiger partial charge is 0.335 e. The summed E-state index contributed by atoms with van der Waals surface area (Å²) >= 11 is 1.66. The molecule has 0 bridgehead atoms. The number of aryl methyl sites for hydroxylation is 2. The van der Waals surface area contributed by atoms with Crippen LogP contribution in [0, 0.1) is 6.92 Å². The number of rotatable bonds is 5. The highest BCUT2D eigenvalue weighted by molar-refractivity contribution is 7.14. The Morgan fingerprint density at radius 1 is 1.16 bits per heavy atom. The number of carbonyl (C=O) groups excluding carboxylic acids is 1. The van der Waals surface area contributed by atoms with E-state index in [-0.39, 0.29) is 5.91 Å². The molecule has 2 aromatic rings. The van der Waals surface area contributed by atoms with Crippen molar-refractivity contribution in [3.05, 3.63) is 63.4 Å². The van der Waals surface area contributed by atoms with Crippen LogP contribution in [0.1, 0.15) is 32.6 Å². The predicted octanol–water partition coefficient (Wildman–Crippen LogP) is 4.09. The second kappa shape index (κ2) is 8.45. The average Bonchev–Trinajstić information content (AvgIpc) is 3.03. The summed E-state index contributed by atoms with van der Waals surface area (Å²) in [5.41, 5.74) is 2.48. The molecule has 1 fully saturated rings. The summed E-state index contributed by atoms with van der Waals surface area (Å²) in [6.07, 6.45) is 5.38. The molecule has 1 aliphatic heterocycles. The SMILES string of the molecule is CCc1sc(C(=O)N2CCN(C/C=C/c3ccccc3)CC2)cc1C. The van der Waals surface area contributed by atoms with Crippen LogP contribution < -0.4 is 0 Å². The van der Waals surface area contributed by atoms with E-state index in [1.165, 1.54) is 16.0 Å². The first-order chi connectivity index (χ1) is 12.2. The zero-order chi connectivity index (χ0) is 17.6. The lowest BCUT2D eigenvalue weighted by Gasteiger charge is -2.33. The quantitative estimate of drug-likeness (QED) is 0.807. The maximum atomic E-state index is 12.7. The Morgan fingerprint density at radius 2 is 1.88 bits per heavy atom. The Kier molecular flexibility index (Phi) is 6.05. The molecule has 1 saturated heterocycles. The van der Waals surface area contributed by atoms with Crippen molar-refractivity contribution in [1.29, 1.82) is 0 Å². The van der Waals surface area contributed by atoms with Crippen LogP contribution in [0.2, 0.25) is 0 Å². The molecule has 1 aliphatic rings. The molecule has 0 N–H and O–H groups in total. The normalized spacial score (nSPS) is 15.8. The zero-order valence-corrected chi connectivity index (χ0v) is 15.9. The molecule has 25 heavy (non-hydrogen) atoms. The minimum Gasteiger partial charge on any atom is -0.335 e. The van der Waals surface area contributed by atoms with Crippen LogP contribution >= 0.6 is 11.3 Å². The van der Waals surface area contributed by atoms with Gasteiger partial charge in [-0.3, -0.25) is 9.69 Å². The number of amides is 1. The minimum absolute atomic E-state index is 0.201. The summed E-state index contributed by atoms with van der Waals surface area (Å²) in [7, 11) is 0. The molecular weight excluding hydrogens is 328 g/mol. The molecule has 0 saturated carbocycles. The van der Waals surface area contributed by atoms with E-state index in [0.717, 1.165) is 44.0 Å². The Balaban J connectivity index is 1.49. The van der Waals surface area contributed by atoms with Crippen LogP contribution in [0.25, 0.3) is 6.08 Å². The lowest BCUT2D eigenvalue weighted by Crippen LogP contribution is -2.48. The van der Waals surface area contributed by atoms with Crippen molar-refractivity contribution < 1.29 is 4.79 Å². The molecule has 4 heteroatoms. The van der Waals surface area contributed by atoms with E-state index in [0.29, 0.717) is 0 Å². The van der Waals surface area contributed by atoms with Crippen LogP contribution in [0.5, 0.6) is 0 Å². The number of hydrogen-bond acceptors (Lipinski definition) is 3. The molecule has 0 radical (unpaired) electrons. The monoisotopic (exact) mass is 354 g/mol. The molecule has 2 heterocycles. The summed E-state index contributed by atoms with van der Waals surface area (Å²) < 4.78 is 0. The Morgan fingerprint density at radius 3 is 2.52 bits per heavy atom. The molecule has 3 nitrogen and oxygen atoms in total. The molecular formula is C21H26N2OS. The Hall–Kier alpha value is -1.91. The number of carbonyl (C=O) groups is 1. The van der Waals surface area contributed by atoms with E-state index >= 15 is 0 Å². The van der Waals surface area contributed by atoms with Crippen molar-refractivity contribution >= 4 is 23.3 Å². The van der Waals surface area contributed by atoms with Crippen LogP contribution in [-0.4, -0.2) is 48.4 Å². The van der Waals surface area contributed by atoms with Gasteiger partial charge in [0.2, 0.25) is 0 Å². The molecule has 132 valence electrons. The third kappa shape index (κ3) is 4.59. The van der Waals surface area contributed by atoms with Gasteiger partial charge < -0.3 is 4.90 Å². The second-order valence-corrected chi connectivity index (χ2v) is 7.61. The van der Waals surface area contributed by atoms with E-state index < -0.39 is 0 Å². The van der Waals surface area contributed by atoms with Crippen LogP contribution in [0.4, 0.5) is 0 Å². The van der Waals surface area contributed by atoms with Crippen molar-refractivity contribution in [2.75, 3.05) is 32.7 Å². The Labute approximate surface area is 154 Å². The number of nitrogens with zero attached hydrogens (tertiary/aromatic N) is 2. The molecule has 0 atom stereocenters. The Bertz CT molecular complexity index is 728. The van der Waals surface area contributed by atoms with Crippen molar-refractivity contribution in [3.8, 4) is 0 Å². The summed E-state index contributed by atoms with van der Waals surface area (Å²) in [6.45, 7) is 8.70. The lowest BCUT2D eigenvalue weighted by molar-refractivity contribution is 0.0655. The van der Waals surface area contributed by atoms with Gasteiger partial charge in [0.1, 0.15) is 0 Å². The van der Waals surface area contributed by atoms with E-state index in [2.05, 4.69) is 61.2 Å². The fourth-order valence-corrected chi connectivity index (χ4v) is 4.25. The van der Waals surface area contributed by atoms with Crippen molar-refractivity contribution in [2.24, 2.45) is 0 Å². The van der Waals surface area contributed by atoms with Crippen molar-refractivity contribution in [1.82, 2.24) is 9.80 Å². The highest BCUT2D eigenvalue weighted by Gasteiger charge is 2.23. The van der Waals surface area contributed by atoms with Gasteiger partial charge in [0.05, 0.1) is 4.88 Å². The maximum Gasteiger partial charge on any atom is 0.264 e. The number of hydrogen-bond donors (Lipinski definition) is 0. The van der Waals surface area contributed by atoms with Gasteiger partial charge in [-0.05, 0) is 30.5 Å². The number of thiophene rings is 1. The third-order valence-electron chi connectivity index (χ3n) is 4.69. The van der Waals surface area contributed by atoms with E-state index in [1.54, 1.807) is 11.3 Å². The first-order valence-corrected chi connectivity index (χ1v) is 9.81.